The summed E-state index contributed by atoms with van der Waals surface area (Å²) in [7, 11) is 0. The summed E-state index contributed by atoms with van der Waals surface area (Å²) in [6.07, 6.45) is 3.02. The molecule has 2 rings (SSSR count). The number of aromatic nitrogens is 3. The van der Waals surface area contributed by atoms with E-state index in [1.54, 1.807) is 27.0 Å². The zero-order valence-electron chi connectivity index (χ0n) is 8.90. The summed E-state index contributed by atoms with van der Waals surface area (Å²) in [6.45, 7) is 5.17. The second kappa shape index (κ2) is 2.93. The Hall–Kier alpha value is -1.62. The average Bonchev–Trinajstić information content (AvgIpc) is 2.44. The van der Waals surface area contributed by atoms with E-state index in [0.29, 0.717) is 11.1 Å². The Balaban J connectivity index is 2.88. The quantitative estimate of drug-likeness (QED) is 0.680. The molecule has 0 atom stereocenters. The van der Waals surface area contributed by atoms with E-state index in [2.05, 4.69) is 10.1 Å². The smallest absolute Gasteiger partial charge is 0.275 e. The van der Waals surface area contributed by atoms with Gasteiger partial charge < -0.3 is 10.1 Å². The first-order valence-corrected chi connectivity index (χ1v) is 4.70. The van der Waals surface area contributed by atoms with Crippen molar-refractivity contribution in [1.29, 1.82) is 0 Å². The molecule has 0 aliphatic rings. The maximum absolute atomic E-state index is 11.5. The van der Waals surface area contributed by atoms with Crippen LogP contribution >= 0.6 is 0 Å². The third-order valence-corrected chi connectivity index (χ3v) is 2.49. The molecule has 2 N–H and O–H groups in total. The zero-order valence-corrected chi connectivity index (χ0v) is 8.90. The topological polar surface area (TPSA) is 70.4 Å². The average molecular weight is 213 g/mol. The van der Waals surface area contributed by atoms with Gasteiger partial charge in [-0.25, -0.2) is 4.52 Å². The van der Waals surface area contributed by atoms with Gasteiger partial charge in [-0.3, -0.25) is 4.79 Å². The molecule has 0 aliphatic heterocycles. The molecule has 80 valence electrons. The molecule has 0 saturated carbocycles. The molecular formula is C10H13N3O2. The van der Waals surface area contributed by atoms with Gasteiger partial charge in [0.25, 0.3) is 5.56 Å². The highest BCUT2D eigenvalue weighted by molar-refractivity contribution is 5.57. The van der Waals surface area contributed by atoms with Crippen molar-refractivity contribution in [2.75, 3.05) is 0 Å². The lowest BCUT2D eigenvalue weighted by molar-refractivity contribution is 0.0780. The fourth-order valence-electron chi connectivity index (χ4n) is 1.78. The Morgan fingerprint density at radius 1 is 1.53 bits per heavy atom. The number of hydrogen-bond donors (Lipinski definition) is 2. The lowest BCUT2D eigenvalue weighted by atomic mass is 10.6. The Morgan fingerprint density at radius 2 is 2.20 bits per heavy atom. The van der Waals surface area contributed by atoms with Gasteiger partial charge in [-0.2, -0.15) is 5.10 Å². The monoisotopic (exact) mass is 213 g/mol. The van der Waals surface area contributed by atoms with Crippen molar-refractivity contribution >= 4 is 5.52 Å². The normalized spacial score (nSPS) is 12.3. The van der Waals surface area contributed by atoms with Crippen LogP contribution in [0.5, 0.6) is 0 Å². The molecule has 2 aromatic rings. The Bertz CT molecular complexity index is 560. The number of rotatable bonds is 1. The van der Waals surface area contributed by atoms with Crippen molar-refractivity contribution in [3.63, 3.8) is 0 Å². The van der Waals surface area contributed by atoms with Crippen LogP contribution < -0.4 is 5.56 Å². The maximum atomic E-state index is 11.5. The Labute approximate surface area is 86.4 Å². The van der Waals surface area contributed by atoms with E-state index in [-0.39, 0.29) is 5.56 Å². The van der Waals surface area contributed by atoms with Crippen molar-refractivity contribution in [3.05, 3.63) is 34.0 Å². The number of aryl methyl sites for hydroxylation is 1. The van der Waals surface area contributed by atoms with Gasteiger partial charge in [0.2, 0.25) is 0 Å². The molecule has 0 fully saturated rings. The SMILES string of the molecule is C[13C](C)(O)[13c]1c[15n]2nc[15nH]c(=O)c2[13c]1[13CH3]. The summed E-state index contributed by atoms with van der Waals surface area (Å²) < 4.78 is 1.49. The lowest BCUT2D eigenvalue weighted by Crippen LogP contribution is -2.16. The minimum absolute atomic E-state index is 0.196. The zero-order chi connectivity index (χ0) is 11.2. The van der Waals surface area contributed by atoms with Crippen LogP contribution in [0.15, 0.2) is 17.3 Å². The largest absolute Gasteiger partial charge is 0.386 e. The van der Waals surface area contributed by atoms with E-state index < -0.39 is 5.60 Å². The van der Waals surface area contributed by atoms with Crippen LogP contribution in [-0.4, -0.2) is 19.7 Å². The summed E-state index contributed by atoms with van der Waals surface area (Å²) in [5.41, 5.74) is 0.792. The molecule has 0 radical (unpaired) electrons. The molecular weight excluding hydrogens is 200 g/mol. The minimum Gasteiger partial charge on any atom is -0.386 e. The number of nitrogens with one attached hydrogen (secondary N) is 1. The number of hydrogen-bond acceptors (Lipinski definition) is 3. The van der Waals surface area contributed by atoms with Gasteiger partial charge in [0, 0.05) is 11.8 Å². The molecule has 5 nitrogen and oxygen atoms in total. The molecule has 15 heavy (non-hydrogen) atoms. The highest BCUT2D eigenvalue weighted by Crippen LogP contribution is 2.25. The van der Waals surface area contributed by atoms with Gasteiger partial charge in [-0.05, 0) is 26.3 Å². The van der Waals surface area contributed by atoms with Crippen LogP contribution in [0.1, 0.15) is 25.0 Å². The van der Waals surface area contributed by atoms with Crippen LogP contribution in [0.2, 0.25) is 0 Å². The van der Waals surface area contributed by atoms with Crippen LogP contribution in [0.25, 0.3) is 5.52 Å². The van der Waals surface area contributed by atoms with Crippen molar-refractivity contribution in [1.82, 2.24) is 14.6 Å². The summed E-state index contributed by atoms with van der Waals surface area (Å²) in [6, 6.07) is 0. The summed E-state index contributed by atoms with van der Waals surface area (Å²) in [5.74, 6) is 0. The van der Waals surface area contributed by atoms with E-state index >= 15 is 0 Å². The van der Waals surface area contributed by atoms with Crippen LogP contribution in [-0.2, 0) is 5.60 Å². The van der Waals surface area contributed by atoms with E-state index in [0.717, 1.165) is 5.56 Å². The summed E-state index contributed by atoms with van der Waals surface area (Å²) >= 11 is 0. The van der Waals surface area contributed by atoms with E-state index in [9.17, 15) is 9.90 Å². The van der Waals surface area contributed by atoms with Crippen LogP contribution in [0, 0.1) is 6.92 Å². The van der Waals surface area contributed by atoms with Gasteiger partial charge in [0.05, 0.1) is 5.60 Å². The van der Waals surface area contributed by atoms with Crippen molar-refractivity contribution in [2.24, 2.45) is 0 Å². The molecule has 0 unspecified atom stereocenters. The predicted molar refractivity (Wildman–Crippen MR) is 55.8 cm³/mol. The lowest BCUT2D eigenvalue weighted by Gasteiger charge is -2.16. The molecule has 0 saturated heterocycles. The number of fused-ring (bicyclic) bond motifs is 1. The van der Waals surface area contributed by atoms with Gasteiger partial charge in [0.1, 0.15) is 11.8 Å². The van der Waals surface area contributed by atoms with Gasteiger partial charge in [-0.15, -0.1) is 0 Å². The molecule has 0 bridgehead atoms. The van der Waals surface area contributed by atoms with Crippen molar-refractivity contribution < 1.29 is 5.11 Å². The number of H-pyrrole nitrogens is 1. The van der Waals surface area contributed by atoms with E-state index in [1.165, 1.54) is 10.8 Å². The first-order valence-electron chi connectivity index (χ1n) is 4.70. The van der Waals surface area contributed by atoms with Gasteiger partial charge in [-0.1, -0.05) is 0 Å². The molecule has 2 heterocycles. The first-order chi connectivity index (χ1) is 6.91. The second-order valence-corrected chi connectivity index (χ2v) is 4.14. The Kier molecular flexibility index (Phi) is 1.94. The molecule has 5 heteroatoms. The first kappa shape index (κ1) is 9.92. The van der Waals surface area contributed by atoms with Crippen LogP contribution in [0.3, 0.4) is 0 Å². The molecule has 2 aromatic heterocycles. The highest BCUT2D eigenvalue weighted by atomic mass is 16.4. The molecule has 0 aromatic carbocycles. The molecule has 0 amide bonds. The highest BCUT2D eigenvalue weighted by Gasteiger charge is 2.22. The molecule has 0 aliphatic carbocycles. The minimum atomic E-state index is -0.968. The van der Waals surface area contributed by atoms with Crippen LogP contribution in [0.4, 0.5) is 0 Å². The van der Waals surface area contributed by atoms with Gasteiger partial charge >= 0.3 is 0 Å². The van der Waals surface area contributed by atoms with Gasteiger partial charge in [0.15, 0.2) is 0 Å². The summed E-state index contributed by atoms with van der Waals surface area (Å²) in [5, 5.41) is 13.9. The van der Waals surface area contributed by atoms with E-state index in [1.807, 2.05) is 0 Å². The third kappa shape index (κ3) is 1.45. The van der Waals surface area contributed by atoms with Crippen molar-refractivity contribution in [3.8, 4) is 0 Å². The Morgan fingerprint density at radius 3 is 2.73 bits per heavy atom. The number of aliphatic hydroxyl groups is 1. The van der Waals surface area contributed by atoms with Crippen molar-refractivity contribution in [2.45, 2.75) is 26.4 Å². The fraction of sp³-hybridized carbons (Fsp3) is 0.400. The molecule has 0 spiro atoms. The standard InChI is InChI=1S/C10H13N3O2/c1-6-7(10(2,3)15)4-13-8(6)9(14)11-5-12-13/h4-5,15H,1-3H3,(H,11,12,14)/i1+1,6+1,7+1,10+1,11+1,13+1. The third-order valence-electron chi connectivity index (χ3n) is 2.49. The predicted octanol–water partition coefficient (Wildman–Crippen LogP) is 0.558. The van der Waals surface area contributed by atoms with E-state index in [4.69, 9.17) is 0 Å². The summed E-state index contributed by atoms with van der Waals surface area (Å²) in [4.78, 5) is 14.1. The maximum Gasteiger partial charge on any atom is 0.275 e. The second-order valence-electron chi connectivity index (χ2n) is 4.14. The number of aromatic amines is 1. The number of nitrogens with zero attached hydrogens (tertiary/aromatic N) is 2. The fourth-order valence-corrected chi connectivity index (χ4v) is 1.78.